The summed E-state index contributed by atoms with van der Waals surface area (Å²) in [6.45, 7) is 5.25. The third-order valence-electron chi connectivity index (χ3n) is 7.06. The first kappa shape index (κ1) is 20.0. The zero-order valence-electron chi connectivity index (χ0n) is 17.7. The Hall–Kier alpha value is -2.89. The van der Waals surface area contributed by atoms with Crippen LogP contribution in [0.3, 0.4) is 0 Å². The Labute approximate surface area is 180 Å². The van der Waals surface area contributed by atoms with Crippen molar-refractivity contribution < 1.29 is 9.59 Å². The summed E-state index contributed by atoms with van der Waals surface area (Å²) in [4.78, 5) is 39.0. The number of piperidine rings is 2. The quantitative estimate of drug-likeness (QED) is 0.540. The molecule has 2 aromatic rings. The van der Waals surface area contributed by atoms with E-state index in [-0.39, 0.29) is 18.0 Å². The number of benzene rings is 1. The number of nitrogens with zero attached hydrogens (tertiary/aromatic N) is 3. The molecule has 4 heterocycles. The molecule has 5 rings (SSSR count). The minimum Gasteiger partial charge on any atom is -0.316 e. The summed E-state index contributed by atoms with van der Waals surface area (Å²) in [7, 11) is 1.70. The van der Waals surface area contributed by atoms with Gasteiger partial charge in [0.2, 0.25) is 11.8 Å². The van der Waals surface area contributed by atoms with Crippen LogP contribution in [0.25, 0.3) is 11.0 Å². The smallest absolute Gasteiger partial charge is 0.316 e. The van der Waals surface area contributed by atoms with Crippen molar-refractivity contribution in [2.24, 2.45) is 12.5 Å². The Morgan fingerprint density at radius 1 is 1.13 bits per heavy atom. The molecule has 1 aromatic heterocycles. The summed E-state index contributed by atoms with van der Waals surface area (Å²) in [5.74, 6) is 5.80. The number of imide groups is 1. The van der Waals surface area contributed by atoms with Crippen LogP contribution in [0.5, 0.6) is 0 Å². The van der Waals surface area contributed by atoms with Gasteiger partial charge in [-0.1, -0.05) is 11.8 Å². The highest BCUT2D eigenvalue weighted by atomic mass is 16.2. The normalized spacial score (nSPS) is 23.3. The molecular formula is C23H27N5O3. The number of hydrogen-bond donors (Lipinski definition) is 2. The molecule has 162 valence electrons. The van der Waals surface area contributed by atoms with Crippen molar-refractivity contribution in [3.05, 3.63) is 34.2 Å². The molecule has 8 nitrogen and oxygen atoms in total. The van der Waals surface area contributed by atoms with E-state index in [1.807, 2.05) is 18.2 Å². The Balaban J connectivity index is 1.34. The highest BCUT2D eigenvalue weighted by molar-refractivity contribution is 6.00. The van der Waals surface area contributed by atoms with Gasteiger partial charge in [0.1, 0.15) is 6.04 Å². The lowest BCUT2D eigenvalue weighted by molar-refractivity contribution is -0.135. The first-order valence-corrected chi connectivity index (χ1v) is 10.9. The van der Waals surface area contributed by atoms with Gasteiger partial charge in [0.05, 0.1) is 17.6 Å². The second-order valence-corrected chi connectivity index (χ2v) is 9.06. The lowest BCUT2D eigenvalue weighted by Gasteiger charge is -2.48. The molecule has 3 aliphatic rings. The van der Waals surface area contributed by atoms with Crippen LogP contribution in [-0.2, 0) is 16.6 Å². The number of aromatic nitrogens is 2. The molecule has 1 aromatic carbocycles. The van der Waals surface area contributed by atoms with Crippen LogP contribution in [0.4, 0.5) is 0 Å². The summed E-state index contributed by atoms with van der Waals surface area (Å²) in [6.07, 6.45) is 3.04. The minimum atomic E-state index is -0.668. The lowest BCUT2D eigenvalue weighted by atomic mass is 9.73. The third-order valence-corrected chi connectivity index (χ3v) is 7.06. The van der Waals surface area contributed by atoms with E-state index < -0.39 is 11.9 Å². The molecule has 0 radical (unpaired) electrons. The topological polar surface area (TPSA) is 88.4 Å². The molecule has 0 aliphatic carbocycles. The summed E-state index contributed by atoms with van der Waals surface area (Å²) < 4.78 is 3.04. The van der Waals surface area contributed by atoms with Crippen LogP contribution in [0, 0.1) is 17.3 Å². The number of aryl methyl sites for hydroxylation is 1. The second-order valence-electron chi connectivity index (χ2n) is 9.06. The first-order chi connectivity index (χ1) is 15.0. The van der Waals surface area contributed by atoms with Gasteiger partial charge < -0.3 is 5.32 Å². The fourth-order valence-electron chi connectivity index (χ4n) is 4.94. The van der Waals surface area contributed by atoms with Crippen LogP contribution in [0.1, 0.15) is 37.3 Å². The molecular weight excluding hydrogens is 394 g/mol. The number of imidazole rings is 1. The highest BCUT2D eigenvalue weighted by Gasteiger charge is 2.39. The number of hydrogen-bond acceptors (Lipinski definition) is 5. The van der Waals surface area contributed by atoms with Gasteiger partial charge in [-0.3, -0.25) is 28.9 Å². The minimum absolute atomic E-state index is 0.233. The number of fused-ring (bicyclic) bond motifs is 1. The summed E-state index contributed by atoms with van der Waals surface area (Å²) in [6, 6.07) is 4.97. The van der Waals surface area contributed by atoms with Gasteiger partial charge >= 0.3 is 5.69 Å². The Morgan fingerprint density at radius 3 is 2.58 bits per heavy atom. The molecule has 0 saturated carbocycles. The zero-order chi connectivity index (χ0) is 21.6. The second kappa shape index (κ2) is 7.66. The van der Waals surface area contributed by atoms with E-state index in [2.05, 4.69) is 27.4 Å². The van der Waals surface area contributed by atoms with Gasteiger partial charge in [0.15, 0.2) is 0 Å². The highest BCUT2D eigenvalue weighted by Crippen LogP contribution is 2.34. The molecule has 1 atom stereocenters. The predicted molar refractivity (Wildman–Crippen MR) is 116 cm³/mol. The van der Waals surface area contributed by atoms with Crippen molar-refractivity contribution >= 4 is 22.8 Å². The van der Waals surface area contributed by atoms with Crippen LogP contribution in [0.15, 0.2) is 23.0 Å². The lowest BCUT2D eigenvalue weighted by Crippen LogP contribution is -2.58. The predicted octanol–water partition coefficient (Wildman–Crippen LogP) is 0.355. The van der Waals surface area contributed by atoms with Gasteiger partial charge in [-0.05, 0) is 56.0 Å². The summed E-state index contributed by atoms with van der Waals surface area (Å²) >= 11 is 0. The molecule has 31 heavy (non-hydrogen) atoms. The number of rotatable bonds is 2. The Kier molecular flexibility index (Phi) is 4.95. The van der Waals surface area contributed by atoms with E-state index >= 15 is 0 Å². The van der Waals surface area contributed by atoms with Gasteiger partial charge in [-0.25, -0.2) is 4.79 Å². The molecule has 3 fully saturated rings. The van der Waals surface area contributed by atoms with Gasteiger partial charge in [0, 0.05) is 32.1 Å². The van der Waals surface area contributed by atoms with Crippen LogP contribution in [0.2, 0.25) is 0 Å². The van der Waals surface area contributed by atoms with Crippen LogP contribution < -0.4 is 16.3 Å². The standard InChI is InChI=1S/C23H27N5O3/c1-26-19-13-16(3-2-10-27-11-8-23(9-12-27)14-24-15-23)4-5-17(19)28(22(26)31)18-6-7-20(29)25-21(18)30/h4-5,13,18,24H,6-12,14-15H2,1H3,(H,25,29,30). The largest absolute Gasteiger partial charge is 0.329 e. The molecule has 3 aliphatic heterocycles. The van der Waals surface area contributed by atoms with Crippen molar-refractivity contribution in [2.45, 2.75) is 31.7 Å². The average molecular weight is 422 g/mol. The summed E-state index contributed by atoms with van der Waals surface area (Å²) in [5, 5.41) is 5.73. The van der Waals surface area contributed by atoms with E-state index in [1.165, 1.54) is 17.4 Å². The van der Waals surface area contributed by atoms with Gasteiger partial charge in [-0.15, -0.1) is 0 Å². The average Bonchev–Trinajstić information content (AvgIpc) is 2.98. The van der Waals surface area contributed by atoms with Gasteiger partial charge in [0.25, 0.3) is 0 Å². The fourth-order valence-corrected chi connectivity index (χ4v) is 4.94. The van der Waals surface area contributed by atoms with Crippen LogP contribution in [-0.4, -0.2) is 58.6 Å². The first-order valence-electron chi connectivity index (χ1n) is 10.9. The summed E-state index contributed by atoms with van der Waals surface area (Å²) in [5.41, 5.74) is 2.54. The number of likely N-dealkylation sites (tertiary alicyclic amines) is 1. The molecule has 1 unspecified atom stereocenters. The van der Waals surface area contributed by atoms with Crippen molar-refractivity contribution in [1.82, 2.24) is 24.7 Å². The Morgan fingerprint density at radius 2 is 1.90 bits per heavy atom. The number of carbonyl (C=O) groups is 2. The molecule has 2 amide bonds. The molecule has 0 bridgehead atoms. The van der Waals surface area contributed by atoms with Crippen molar-refractivity contribution in [3.63, 3.8) is 0 Å². The molecule has 3 saturated heterocycles. The maximum atomic E-state index is 12.8. The zero-order valence-corrected chi connectivity index (χ0v) is 17.7. The molecule has 1 spiro atoms. The van der Waals surface area contributed by atoms with Crippen LogP contribution >= 0.6 is 0 Å². The van der Waals surface area contributed by atoms with Crippen molar-refractivity contribution in [2.75, 3.05) is 32.7 Å². The number of carbonyl (C=O) groups excluding carboxylic acids is 2. The maximum absolute atomic E-state index is 12.8. The van der Waals surface area contributed by atoms with E-state index in [0.29, 0.717) is 17.4 Å². The van der Waals surface area contributed by atoms with Gasteiger partial charge in [-0.2, -0.15) is 0 Å². The fraction of sp³-hybridized carbons (Fsp3) is 0.522. The maximum Gasteiger partial charge on any atom is 0.329 e. The SMILES string of the molecule is Cn1c(=O)n(C2CCC(=O)NC2=O)c2ccc(C#CCN3CCC4(CC3)CNC4)cc21. The number of amides is 2. The van der Waals surface area contributed by atoms with E-state index in [1.54, 1.807) is 11.6 Å². The van der Waals surface area contributed by atoms with E-state index in [4.69, 9.17) is 0 Å². The van der Waals surface area contributed by atoms with E-state index in [9.17, 15) is 14.4 Å². The third kappa shape index (κ3) is 3.58. The van der Waals surface area contributed by atoms with Crippen molar-refractivity contribution in [1.29, 1.82) is 0 Å². The number of nitrogens with one attached hydrogen (secondary N) is 2. The Bertz CT molecular complexity index is 1170. The molecule has 2 N–H and O–H groups in total. The van der Waals surface area contributed by atoms with Crippen molar-refractivity contribution in [3.8, 4) is 11.8 Å². The molecule has 8 heteroatoms. The van der Waals surface area contributed by atoms with E-state index in [0.717, 1.165) is 43.8 Å². The monoisotopic (exact) mass is 421 g/mol.